The van der Waals surface area contributed by atoms with Crippen molar-refractivity contribution in [1.82, 2.24) is 0 Å². The first-order chi connectivity index (χ1) is 9.22. The fraction of sp³-hybridized carbons (Fsp3) is 0.188. The highest BCUT2D eigenvalue weighted by Crippen LogP contribution is 2.30. The number of fused-ring (bicyclic) bond motifs is 1. The molecule has 0 spiro atoms. The third-order valence-corrected chi connectivity index (χ3v) is 3.49. The Kier molecular flexibility index (Phi) is 3.26. The maximum Gasteiger partial charge on any atom is 0.170 e. The number of ketones is 1. The molecule has 3 rings (SSSR count). The predicted molar refractivity (Wildman–Crippen MR) is 75.0 cm³/mol. The van der Waals surface area contributed by atoms with Gasteiger partial charge in [-0.1, -0.05) is 41.9 Å². The van der Waals surface area contributed by atoms with Crippen molar-refractivity contribution >= 4 is 17.4 Å². The van der Waals surface area contributed by atoms with E-state index in [0.717, 1.165) is 6.42 Å². The van der Waals surface area contributed by atoms with Gasteiger partial charge in [-0.3, -0.25) is 4.79 Å². The molecule has 0 aliphatic carbocycles. The molecular formula is C16H13ClO2. The second kappa shape index (κ2) is 5.06. The first-order valence-electron chi connectivity index (χ1n) is 6.26. The maximum atomic E-state index is 12.1. The molecule has 0 saturated carbocycles. The number of benzene rings is 2. The van der Waals surface area contributed by atoms with E-state index >= 15 is 0 Å². The summed E-state index contributed by atoms with van der Waals surface area (Å²) in [5, 5.41) is 0.567. The Morgan fingerprint density at radius 1 is 1.16 bits per heavy atom. The van der Waals surface area contributed by atoms with Gasteiger partial charge in [-0.15, -0.1) is 0 Å². The minimum Gasteiger partial charge on any atom is -0.489 e. The van der Waals surface area contributed by atoms with E-state index in [4.69, 9.17) is 16.3 Å². The predicted octanol–water partition coefficient (Wildman–Crippen LogP) is 3.92. The van der Waals surface area contributed by atoms with Gasteiger partial charge in [0.25, 0.3) is 0 Å². The molecule has 96 valence electrons. The van der Waals surface area contributed by atoms with Crippen LogP contribution in [0.15, 0.2) is 48.5 Å². The van der Waals surface area contributed by atoms with Crippen molar-refractivity contribution in [2.24, 2.45) is 0 Å². The van der Waals surface area contributed by atoms with Crippen molar-refractivity contribution < 1.29 is 9.53 Å². The van der Waals surface area contributed by atoms with Gasteiger partial charge in [-0.05, 0) is 23.8 Å². The smallest absolute Gasteiger partial charge is 0.170 e. The van der Waals surface area contributed by atoms with E-state index in [9.17, 15) is 4.79 Å². The standard InChI is InChI=1S/C16H13ClO2/c17-12-6-7-16-14(9-12)15(18)10-13(19-16)8-11-4-2-1-3-5-11/h1-7,9,13H,8,10H2. The first kappa shape index (κ1) is 12.2. The van der Waals surface area contributed by atoms with Crippen LogP contribution in [0.4, 0.5) is 0 Å². The summed E-state index contributed by atoms with van der Waals surface area (Å²) in [7, 11) is 0. The lowest BCUT2D eigenvalue weighted by molar-refractivity contribution is 0.0851. The molecule has 0 bridgehead atoms. The van der Waals surface area contributed by atoms with Crippen LogP contribution >= 0.6 is 11.6 Å². The van der Waals surface area contributed by atoms with Gasteiger partial charge >= 0.3 is 0 Å². The number of carbonyl (C=O) groups excluding carboxylic acids is 1. The second-order valence-corrected chi connectivity index (χ2v) is 5.13. The fourth-order valence-corrected chi connectivity index (χ4v) is 2.52. The van der Waals surface area contributed by atoms with E-state index in [2.05, 4.69) is 0 Å². The molecule has 1 heterocycles. The SMILES string of the molecule is O=C1CC(Cc2ccccc2)Oc2ccc(Cl)cc21. The summed E-state index contributed by atoms with van der Waals surface area (Å²) in [4.78, 5) is 12.1. The molecule has 3 heteroatoms. The molecular weight excluding hydrogens is 260 g/mol. The molecule has 2 aromatic rings. The lowest BCUT2D eigenvalue weighted by Crippen LogP contribution is -2.28. The molecule has 0 amide bonds. The van der Waals surface area contributed by atoms with Crippen LogP contribution in [0.1, 0.15) is 22.3 Å². The minimum atomic E-state index is -0.0939. The number of ether oxygens (including phenoxy) is 1. The molecule has 0 saturated heterocycles. The second-order valence-electron chi connectivity index (χ2n) is 4.70. The zero-order valence-corrected chi connectivity index (χ0v) is 11.1. The molecule has 1 unspecified atom stereocenters. The van der Waals surface area contributed by atoms with Gasteiger partial charge in [0.1, 0.15) is 11.9 Å². The maximum absolute atomic E-state index is 12.1. The van der Waals surface area contributed by atoms with Crippen LogP contribution in [-0.2, 0) is 6.42 Å². The Morgan fingerprint density at radius 3 is 2.74 bits per heavy atom. The summed E-state index contributed by atoms with van der Waals surface area (Å²) in [5.41, 5.74) is 1.77. The summed E-state index contributed by atoms with van der Waals surface area (Å²) >= 11 is 5.90. The zero-order chi connectivity index (χ0) is 13.2. The number of Topliss-reactive ketones (excluding diaryl/α,β-unsaturated/α-hetero) is 1. The Labute approximate surface area is 117 Å². The van der Waals surface area contributed by atoms with Crippen LogP contribution in [0.5, 0.6) is 5.75 Å². The Morgan fingerprint density at radius 2 is 1.95 bits per heavy atom. The highest BCUT2D eigenvalue weighted by Gasteiger charge is 2.26. The van der Waals surface area contributed by atoms with E-state index in [1.54, 1.807) is 18.2 Å². The summed E-state index contributed by atoms with van der Waals surface area (Å²) in [6.07, 6.45) is 1.06. The largest absolute Gasteiger partial charge is 0.489 e. The molecule has 19 heavy (non-hydrogen) atoms. The molecule has 0 aromatic heterocycles. The monoisotopic (exact) mass is 272 g/mol. The summed E-state index contributed by atoms with van der Waals surface area (Å²) in [6.45, 7) is 0. The van der Waals surface area contributed by atoms with Crippen LogP contribution in [0.3, 0.4) is 0 Å². The highest BCUT2D eigenvalue weighted by atomic mass is 35.5. The quantitative estimate of drug-likeness (QED) is 0.828. The lowest BCUT2D eigenvalue weighted by Gasteiger charge is -2.25. The number of carbonyl (C=O) groups is 1. The topological polar surface area (TPSA) is 26.3 Å². The number of halogens is 1. The van der Waals surface area contributed by atoms with Crippen molar-refractivity contribution in [1.29, 1.82) is 0 Å². The van der Waals surface area contributed by atoms with E-state index in [1.807, 2.05) is 30.3 Å². The fourth-order valence-electron chi connectivity index (χ4n) is 2.35. The van der Waals surface area contributed by atoms with Crippen LogP contribution in [0, 0.1) is 0 Å². The zero-order valence-electron chi connectivity index (χ0n) is 10.3. The lowest BCUT2D eigenvalue weighted by atomic mass is 9.96. The molecule has 1 aliphatic rings. The Balaban J connectivity index is 1.82. The van der Waals surface area contributed by atoms with Gasteiger partial charge in [0.2, 0.25) is 0 Å². The molecule has 2 aromatic carbocycles. The van der Waals surface area contributed by atoms with Crippen molar-refractivity contribution in [3.05, 3.63) is 64.7 Å². The Hall–Kier alpha value is -1.80. The third kappa shape index (κ3) is 2.64. The van der Waals surface area contributed by atoms with Gasteiger partial charge < -0.3 is 4.74 Å². The van der Waals surface area contributed by atoms with Crippen LogP contribution in [0.25, 0.3) is 0 Å². The van der Waals surface area contributed by atoms with Crippen molar-refractivity contribution in [3.63, 3.8) is 0 Å². The van der Waals surface area contributed by atoms with Gasteiger partial charge in [0.15, 0.2) is 5.78 Å². The van der Waals surface area contributed by atoms with Crippen LogP contribution in [0.2, 0.25) is 5.02 Å². The normalized spacial score (nSPS) is 17.7. The van der Waals surface area contributed by atoms with E-state index in [-0.39, 0.29) is 11.9 Å². The van der Waals surface area contributed by atoms with Gasteiger partial charge in [0.05, 0.1) is 5.56 Å². The molecule has 0 radical (unpaired) electrons. The molecule has 1 aliphatic heterocycles. The van der Waals surface area contributed by atoms with Crippen molar-refractivity contribution in [2.45, 2.75) is 18.9 Å². The summed E-state index contributed by atoms with van der Waals surface area (Å²) < 4.78 is 5.88. The third-order valence-electron chi connectivity index (χ3n) is 3.25. The Bertz CT molecular complexity index is 607. The van der Waals surface area contributed by atoms with Crippen LogP contribution < -0.4 is 4.74 Å². The highest BCUT2D eigenvalue weighted by molar-refractivity contribution is 6.31. The van der Waals surface area contributed by atoms with Crippen molar-refractivity contribution in [3.8, 4) is 5.75 Å². The first-order valence-corrected chi connectivity index (χ1v) is 6.63. The summed E-state index contributed by atoms with van der Waals surface area (Å²) in [5.74, 6) is 0.742. The number of hydrogen-bond acceptors (Lipinski definition) is 2. The number of hydrogen-bond donors (Lipinski definition) is 0. The summed E-state index contributed by atoms with van der Waals surface area (Å²) in [6, 6.07) is 15.3. The molecule has 0 N–H and O–H groups in total. The van der Waals surface area contributed by atoms with E-state index in [0.29, 0.717) is 22.8 Å². The average Bonchev–Trinajstić information content (AvgIpc) is 2.41. The van der Waals surface area contributed by atoms with Crippen molar-refractivity contribution in [2.75, 3.05) is 0 Å². The average molecular weight is 273 g/mol. The molecule has 1 atom stereocenters. The van der Waals surface area contributed by atoms with Gasteiger partial charge in [-0.2, -0.15) is 0 Å². The van der Waals surface area contributed by atoms with Gasteiger partial charge in [-0.25, -0.2) is 0 Å². The minimum absolute atomic E-state index is 0.0939. The number of rotatable bonds is 2. The van der Waals surface area contributed by atoms with Gasteiger partial charge in [0, 0.05) is 17.9 Å². The van der Waals surface area contributed by atoms with E-state index < -0.39 is 0 Å². The van der Waals surface area contributed by atoms with Crippen LogP contribution in [-0.4, -0.2) is 11.9 Å². The molecule has 2 nitrogen and oxygen atoms in total. The van der Waals surface area contributed by atoms with E-state index in [1.165, 1.54) is 5.56 Å². The molecule has 0 fully saturated rings.